The van der Waals surface area contributed by atoms with Crippen LogP contribution in [0.5, 0.6) is 0 Å². The number of aliphatic hydroxyl groups is 1. The molecule has 0 spiro atoms. The zero-order valence-electron chi connectivity index (χ0n) is 8.07. The highest BCUT2D eigenvalue weighted by Gasteiger charge is 2.25. The molecule has 14 heavy (non-hydrogen) atoms. The molecular weight excluding hydrogens is 178 g/mol. The van der Waals surface area contributed by atoms with Crippen LogP contribution >= 0.6 is 0 Å². The Kier molecular flexibility index (Phi) is 2.68. The molecule has 0 aromatic carbocycles. The largest absolute Gasteiger partial charge is 0.393 e. The van der Waals surface area contributed by atoms with E-state index in [0.29, 0.717) is 0 Å². The molecule has 0 amide bonds. The minimum absolute atomic E-state index is 0.120. The highest BCUT2D eigenvalue weighted by Crippen LogP contribution is 2.27. The van der Waals surface area contributed by atoms with Gasteiger partial charge in [0, 0.05) is 23.9 Å². The third kappa shape index (κ3) is 1.87. The molecule has 1 aliphatic carbocycles. The Hall–Kier alpha value is -1.09. The third-order valence-electron chi connectivity index (χ3n) is 2.95. The molecule has 0 atom stereocenters. The Bertz CT molecular complexity index is 297. The third-order valence-corrected chi connectivity index (χ3v) is 2.95. The maximum Gasteiger partial charge on any atom is 0.167 e. The van der Waals surface area contributed by atoms with E-state index in [-0.39, 0.29) is 17.8 Å². The molecule has 1 aliphatic rings. The first kappa shape index (κ1) is 9.46. The lowest BCUT2D eigenvalue weighted by Crippen LogP contribution is -2.24. The van der Waals surface area contributed by atoms with Gasteiger partial charge in [-0.3, -0.25) is 4.79 Å². The van der Waals surface area contributed by atoms with Crippen LogP contribution in [0.15, 0.2) is 18.5 Å². The van der Waals surface area contributed by atoms with Gasteiger partial charge in [-0.25, -0.2) is 0 Å². The van der Waals surface area contributed by atoms with E-state index in [1.54, 1.807) is 12.4 Å². The Balaban J connectivity index is 1.99. The van der Waals surface area contributed by atoms with Crippen molar-refractivity contribution in [1.29, 1.82) is 0 Å². The van der Waals surface area contributed by atoms with Crippen LogP contribution in [0.1, 0.15) is 36.0 Å². The number of hydrogen-bond donors (Lipinski definition) is 2. The summed E-state index contributed by atoms with van der Waals surface area (Å²) >= 11 is 0. The van der Waals surface area contributed by atoms with Crippen LogP contribution in [0, 0.1) is 5.92 Å². The normalized spacial score (nSPS) is 27.5. The van der Waals surface area contributed by atoms with Gasteiger partial charge in [0.05, 0.1) is 6.10 Å². The number of carbonyl (C=O) groups is 1. The molecule has 1 heterocycles. The summed E-state index contributed by atoms with van der Waals surface area (Å²) in [4.78, 5) is 14.8. The number of hydrogen-bond acceptors (Lipinski definition) is 2. The molecule has 0 aliphatic heterocycles. The Morgan fingerprint density at radius 2 is 2.07 bits per heavy atom. The molecular formula is C11H15NO2. The summed E-state index contributed by atoms with van der Waals surface area (Å²) in [7, 11) is 0. The molecule has 0 bridgehead atoms. The van der Waals surface area contributed by atoms with Crippen molar-refractivity contribution in [3.8, 4) is 0 Å². The first-order valence-corrected chi connectivity index (χ1v) is 5.12. The van der Waals surface area contributed by atoms with Gasteiger partial charge in [-0.15, -0.1) is 0 Å². The van der Waals surface area contributed by atoms with Gasteiger partial charge in [-0.1, -0.05) is 0 Å². The van der Waals surface area contributed by atoms with Gasteiger partial charge in [0.15, 0.2) is 5.78 Å². The molecule has 2 N–H and O–H groups in total. The molecule has 1 aromatic heterocycles. The van der Waals surface area contributed by atoms with E-state index < -0.39 is 0 Å². The number of H-pyrrole nitrogens is 1. The van der Waals surface area contributed by atoms with Crippen molar-refractivity contribution in [2.75, 3.05) is 0 Å². The Morgan fingerprint density at radius 3 is 2.64 bits per heavy atom. The van der Waals surface area contributed by atoms with Crippen molar-refractivity contribution >= 4 is 5.78 Å². The van der Waals surface area contributed by atoms with E-state index in [1.165, 1.54) is 0 Å². The second-order valence-corrected chi connectivity index (χ2v) is 3.97. The fraction of sp³-hybridized carbons (Fsp3) is 0.545. The van der Waals surface area contributed by atoms with Crippen LogP contribution in [0.3, 0.4) is 0 Å². The maximum absolute atomic E-state index is 11.9. The fourth-order valence-electron chi connectivity index (χ4n) is 2.05. The van der Waals surface area contributed by atoms with Crippen LogP contribution < -0.4 is 0 Å². The second kappa shape index (κ2) is 3.96. The summed E-state index contributed by atoms with van der Waals surface area (Å²) in [6.07, 6.45) is 6.50. The summed E-state index contributed by atoms with van der Waals surface area (Å²) in [6.45, 7) is 0. The summed E-state index contributed by atoms with van der Waals surface area (Å²) in [5.74, 6) is 0.340. The monoisotopic (exact) mass is 193 g/mol. The molecule has 2 rings (SSSR count). The lowest BCUT2D eigenvalue weighted by atomic mass is 9.83. The molecule has 0 saturated heterocycles. The number of ketones is 1. The topological polar surface area (TPSA) is 53.1 Å². The SMILES string of the molecule is O=C(c1cc[nH]c1)C1CCC(O)CC1. The van der Waals surface area contributed by atoms with E-state index in [2.05, 4.69) is 4.98 Å². The van der Waals surface area contributed by atoms with Crippen LogP contribution in [0.4, 0.5) is 0 Å². The van der Waals surface area contributed by atoms with Gasteiger partial charge >= 0.3 is 0 Å². The van der Waals surface area contributed by atoms with Gasteiger partial charge in [-0.05, 0) is 31.7 Å². The van der Waals surface area contributed by atoms with Crippen molar-refractivity contribution in [3.63, 3.8) is 0 Å². The lowest BCUT2D eigenvalue weighted by molar-refractivity contribution is 0.0764. The van der Waals surface area contributed by atoms with Gasteiger partial charge in [0.25, 0.3) is 0 Å². The summed E-state index contributed by atoms with van der Waals surface area (Å²) in [6, 6.07) is 1.81. The van der Waals surface area contributed by atoms with Gasteiger partial charge in [0.1, 0.15) is 0 Å². The van der Waals surface area contributed by atoms with Gasteiger partial charge in [-0.2, -0.15) is 0 Å². The van der Waals surface area contributed by atoms with E-state index in [0.717, 1.165) is 31.2 Å². The van der Waals surface area contributed by atoms with Crippen molar-refractivity contribution in [1.82, 2.24) is 4.98 Å². The second-order valence-electron chi connectivity index (χ2n) is 3.97. The van der Waals surface area contributed by atoms with Crippen LogP contribution in [-0.2, 0) is 0 Å². The smallest absolute Gasteiger partial charge is 0.167 e. The van der Waals surface area contributed by atoms with E-state index >= 15 is 0 Å². The number of rotatable bonds is 2. The summed E-state index contributed by atoms with van der Waals surface area (Å²) < 4.78 is 0. The van der Waals surface area contributed by atoms with Gasteiger partial charge in [0.2, 0.25) is 0 Å². The fourth-order valence-corrected chi connectivity index (χ4v) is 2.05. The summed E-state index contributed by atoms with van der Waals surface area (Å²) in [5, 5.41) is 9.32. The van der Waals surface area contributed by atoms with Crippen molar-refractivity contribution in [2.45, 2.75) is 31.8 Å². The Morgan fingerprint density at radius 1 is 1.36 bits per heavy atom. The average Bonchev–Trinajstić information content (AvgIpc) is 2.71. The quantitative estimate of drug-likeness (QED) is 0.703. The zero-order valence-corrected chi connectivity index (χ0v) is 8.07. The number of nitrogens with one attached hydrogen (secondary N) is 1. The molecule has 76 valence electrons. The predicted octanol–water partition coefficient (Wildman–Crippen LogP) is 1.75. The number of carbonyl (C=O) groups excluding carboxylic acids is 1. The summed E-state index contributed by atoms with van der Waals surface area (Å²) in [5.41, 5.74) is 0.770. The molecule has 1 fully saturated rings. The van der Waals surface area contributed by atoms with Gasteiger partial charge < -0.3 is 10.1 Å². The number of Topliss-reactive ketones (excluding diaryl/α,β-unsaturated/α-hetero) is 1. The van der Waals surface area contributed by atoms with Crippen molar-refractivity contribution in [3.05, 3.63) is 24.0 Å². The molecule has 0 unspecified atom stereocenters. The van der Waals surface area contributed by atoms with Crippen LogP contribution in [-0.4, -0.2) is 22.0 Å². The van der Waals surface area contributed by atoms with Crippen molar-refractivity contribution < 1.29 is 9.90 Å². The minimum Gasteiger partial charge on any atom is -0.393 e. The first-order valence-electron chi connectivity index (χ1n) is 5.12. The van der Waals surface area contributed by atoms with E-state index in [4.69, 9.17) is 0 Å². The first-order chi connectivity index (χ1) is 6.77. The predicted molar refractivity (Wildman–Crippen MR) is 53.1 cm³/mol. The maximum atomic E-state index is 11.9. The standard InChI is InChI=1S/C11H15NO2/c13-10-3-1-8(2-4-10)11(14)9-5-6-12-7-9/h5-8,10,12-13H,1-4H2. The van der Waals surface area contributed by atoms with Crippen molar-refractivity contribution in [2.24, 2.45) is 5.92 Å². The zero-order chi connectivity index (χ0) is 9.97. The minimum atomic E-state index is -0.190. The average molecular weight is 193 g/mol. The number of aliphatic hydroxyl groups excluding tert-OH is 1. The molecule has 0 radical (unpaired) electrons. The number of aromatic nitrogens is 1. The lowest BCUT2D eigenvalue weighted by Gasteiger charge is -2.23. The molecule has 3 nitrogen and oxygen atoms in total. The van der Waals surface area contributed by atoms with E-state index in [1.807, 2.05) is 6.07 Å². The highest BCUT2D eigenvalue weighted by molar-refractivity contribution is 5.97. The van der Waals surface area contributed by atoms with E-state index in [9.17, 15) is 9.90 Å². The molecule has 3 heteroatoms. The number of aromatic amines is 1. The molecule has 1 saturated carbocycles. The van der Waals surface area contributed by atoms with Crippen LogP contribution in [0.25, 0.3) is 0 Å². The van der Waals surface area contributed by atoms with Crippen LogP contribution in [0.2, 0.25) is 0 Å². The molecule has 1 aromatic rings. The Labute approximate surface area is 83.1 Å². The highest BCUT2D eigenvalue weighted by atomic mass is 16.3.